The van der Waals surface area contributed by atoms with Gasteiger partial charge in [-0.3, -0.25) is 0 Å². The van der Waals surface area contributed by atoms with Crippen LogP contribution < -0.4 is 5.32 Å². The smallest absolute Gasteiger partial charge is 0.0573 e. The molecule has 0 saturated carbocycles. The molecule has 1 aromatic heterocycles. The Bertz CT molecular complexity index is 776. The van der Waals surface area contributed by atoms with Crippen molar-refractivity contribution >= 4 is 32.8 Å². The van der Waals surface area contributed by atoms with Crippen molar-refractivity contribution in [3.05, 3.63) is 59.0 Å². The van der Waals surface area contributed by atoms with Crippen LogP contribution in [0.3, 0.4) is 0 Å². The summed E-state index contributed by atoms with van der Waals surface area (Å²) in [6.07, 6.45) is 1.08. The lowest BCUT2D eigenvalue weighted by molar-refractivity contribution is 0.591. The third-order valence-corrected chi connectivity index (χ3v) is 5.04. The molecule has 3 aromatic rings. The second kappa shape index (κ2) is 5.77. The van der Waals surface area contributed by atoms with E-state index >= 15 is 0 Å². The summed E-state index contributed by atoms with van der Waals surface area (Å²) in [6.45, 7) is 8.97. The highest BCUT2D eigenvalue weighted by molar-refractivity contribution is 7.17. The van der Waals surface area contributed by atoms with E-state index in [0.717, 1.165) is 12.1 Å². The highest BCUT2D eigenvalue weighted by Gasteiger charge is 2.15. The number of aryl methyl sites for hydroxylation is 1. The summed E-state index contributed by atoms with van der Waals surface area (Å²) in [6, 6.07) is 15.5. The molecule has 0 aliphatic carbocycles. The average molecular weight is 309 g/mol. The minimum absolute atomic E-state index is 0.177. The first-order valence-corrected chi connectivity index (χ1v) is 8.73. The third kappa shape index (κ3) is 3.02. The first-order chi connectivity index (χ1) is 10.5. The Labute approximate surface area is 137 Å². The first-order valence-electron chi connectivity index (χ1n) is 7.85. The molecule has 0 spiro atoms. The predicted octanol–water partition coefficient (Wildman–Crippen LogP) is 6.50. The van der Waals surface area contributed by atoms with E-state index in [4.69, 9.17) is 0 Å². The summed E-state index contributed by atoms with van der Waals surface area (Å²) in [5.41, 5.74) is 5.28. The van der Waals surface area contributed by atoms with E-state index in [-0.39, 0.29) is 5.41 Å². The Morgan fingerprint density at radius 1 is 1.00 bits per heavy atom. The van der Waals surface area contributed by atoms with Crippen molar-refractivity contribution in [1.82, 2.24) is 0 Å². The van der Waals surface area contributed by atoms with Gasteiger partial charge in [0.1, 0.15) is 0 Å². The van der Waals surface area contributed by atoms with Crippen molar-refractivity contribution in [2.45, 2.75) is 39.5 Å². The Morgan fingerprint density at radius 3 is 2.36 bits per heavy atom. The normalized spacial score (nSPS) is 11.8. The zero-order valence-corrected chi connectivity index (χ0v) is 14.6. The average Bonchev–Trinajstić information content (AvgIpc) is 2.89. The number of rotatable bonds is 3. The molecule has 22 heavy (non-hydrogen) atoms. The number of thiophene rings is 1. The van der Waals surface area contributed by atoms with Crippen molar-refractivity contribution in [2.24, 2.45) is 0 Å². The second-order valence-corrected chi connectivity index (χ2v) is 7.70. The Balaban J connectivity index is 1.96. The monoisotopic (exact) mass is 309 g/mol. The molecule has 1 N–H and O–H groups in total. The van der Waals surface area contributed by atoms with E-state index in [9.17, 15) is 0 Å². The van der Waals surface area contributed by atoms with Gasteiger partial charge >= 0.3 is 0 Å². The van der Waals surface area contributed by atoms with E-state index in [2.05, 4.69) is 80.9 Å². The van der Waals surface area contributed by atoms with Gasteiger partial charge in [-0.05, 0) is 47.2 Å². The van der Waals surface area contributed by atoms with Gasteiger partial charge in [-0.1, -0.05) is 45.9 Å². The highest BCUT2D eigenvalue weighted by Crippen LogP contribution is 2.35. The van der Waals surface area contributed by atoms with Crippen molar-refractivity contribution in [3.8, 4) is 0 Å². The fourth-order valence-electron chi connectivity index (χ4n) is 2.57. The van der Waals surface area contributed by atoms with Crippen LogP contribution >= 0.6 is 11.3 Å². The first kappa shape index (κ1) is 15.1. The van der Waals surface area contributed by atoms with Gasteiger partial charge in [0, 0.05) is 21.2 Å². The van der Waals surface area contributed by atoms with Gasteiger partial charge in [-0.25, -0.2) is 0 Å². The van der Waals surface area contributed by atoms with E-state index in [1.807, 2.05) is 0 Å². The minimum atomic E-state index is 0.177. The molecular formula is C20H23NS. The lowest BCUT2D eigenvalue weighted by atomic mass is 9.86. The van der Waals surface area contributed by atoms with Crippen LogP contribution in [0.1, 0.15) is 38.8 Å². The van der Waals surface area contributed by atoms with E-state index in [1.54, 1.807) is 11.3 Å². The topological polar surface area (TPSA) is 12.0 Å². The third-order valence-electron chi connectivity index (χ3n) is 4.08. The molecule has 0 saturated heterocycles. The van der Waals surface area contributed by atoms with Crippen LogP contribution in [-0.4, -0.2) is 0 Å². The second-order valence-electron chi connectivity index (χ2n) is 6.79. The van der Waals surface area contributed by atoms with Crippen LogP contribution in [0.15, 0.2) is 47.8 Å². The molecule has 0 radical (unpaired) electrons. The summed E-state index contributed by atoms with van der Waals surface area (Å²) in [5, 5.41) is 7.10. The SMILES string of the molecule is CCc1ccc(Nc2csc3ccc(C(C)(C)C)cc23)cc1. The lowest BCUT2D eigenvalue weighted by Gasteiger charge is -2.19. The molecule has 0 aliphatic heterocycles. The summed E-state index contributed by atoms with van der Waals surface area (Å²) in [4.78, 5) is 0. The summed E-state index contributed by atoms with van der Waals surface area (Å²) in [5.74, 6) is 0. The van der Waals surface area contributed by atoms with Crippen LogP contribution in [-0.2, 0) is 11.8 Å². The highest BCUT2D eigenvalue weighted by atomic mass is 32.1. The van der Waals surface area contributed by atoms with Crippen LogP contribution in [0.25, 0.3) is 10.1 Å². The maximum Gasteiger partial charge on any atom is 0.0573 e. The molecule has 0 fully saturated rings. The number of anilines is 2. The van der Waals surface area contributed by atoms with Crippen molar-refractivity contribution in [2.75, 3.05) is 5.32 Å². The van der Waals surface area contributed by atoms with Crippen molar-refractivity contribution in [3.63, 3.8) is 0 Å². The zero-order valence-electron chi connectivity index (χ0n) is 13.7. The van der Waals surface area contributed by atoms with Crippen LogP contribution in [0.2, 0.25) is 0 Å². The van der Waals surface area contributed by atoms with E-state index in [1.165, 1.54) is 26.9 Å². The summed E-state index contributed by atoms with van der Waals surface area (Å²) in [7, 11) is 0. The van der Waals surface area contributed by atoms with Gasteiger partial charge in [0.2, 0.25) is 0 Å². The number of fused-ring (bicyclic) bond motifs is 1. The quantitative estimate of drug-likeness (QED) is 0.582. The predicted molar refractivity (Wildman–Crippen MR) is 99.6 cm³/mol. The number of nitrogens with one attached hydrogen (secondary N) is 1. The Hall–Kier alpha value is -1.80. The van der Waals surface area contributed by atoms with Crippen LogP contribution in [0.4, 0.5) is 11.4 Å². The fraction of sp³-hybridized carbons (Fsp3) is 0.300. The molecule has 0 atom stereocenters. The van der Waals surface area contributed by atoms with Gasteiger partial charge in [0.25, 0.3) is 0 Å². The largest absolute Gasteiger partial charge is 0.354 e. The molecular weight excluding hydrogens is 286 g/mol. The zero-order chi connectivity index (χ0) is 15.7. The van der Waals surface area contributed by atoms with E-state index in [0.29, 0.717) is 0 Å². The fourth-order valence-corrected chi connectivity index (χ4v) is 3.44. The van der Waals surface area contributed by atoms with Crippen molar-refractivity contribution < 1.29 is 0 Å². The van der Waals surface area contributed by atoms with Crippen LogP contribution in [0, 0.1) is 0 Å². The van der Waals surface area contributed by atoms with Gasteiger partial charge in [0.05, 0.1) is 5.69 Å². The van der Waals surface area contributed by atoms with Gasteiger partial charge in [-0.15, -0.1) is 11.3 Å². The Kier molecular flexibility index (Phi) is 3.96. The molecule has 1 heterocycles. The lowest BCUT2D eigenvalue weighted by Crippen LogP contribution is -2.10. The van der Waals surface area contributed by atoms with Gasteiger partial charge in [0.15, 0.2) is 0 Å². The summed E-state index contributed by atoms with van der Waals surface area (Å²) < 4.78 is 1.33. The molecule has 2 heteroatoms. The molecule has 2 aromatic carbocycles. The van der Waals surface area contributed by atoms with Crippen LogP contribution in [0.5, 0.6) is 0 Å². The molecule has 0 unspecified atom stereocenters. The number of benzene rings is 2. The Morgan fingerprint density at radius 2 is 1.73 bits per heavy atom. The van der Waals surface area contributed by atoms with E-state index < -0.39 is 0 Å². The summed E-state index contributed by atoms with van der Waals surface area (Å²) >= 11 is 1.80. The maximum absolute atomic E-state index is 3.57. The van der Waals surface area contributed by atoms with Crippen molar-refractivity contribution in [1.29, 1.82) is 0 Å². The molecule has 114 valence electrons. The van der Waals surface area contributed by atoms with Gasteiger partial charge in [-0.2, -0.15) is 0 Å². The maximum atomic E-state index is 3.57. The number of hydrogen-bond donors (Lipinski definition) is 1. The molecule has 0 amide bonds. The standard InChI is InChI=1S/C20H23NS/c1-5-14-6-9-16(10-7-14)21-18-13-22-19-11-8-15(12-17(18)19)20(2,3)4/h6-13,21H,5H2,1-4H3. The molecule has 1 nitrogen and oxygen atoms in total. The van der Waals surface area contributed by atoms with Gasteiger partial charge < -0.3 is 5.32 Å². The molecule has 3 rings (SSSR count). The number of hydrogen-bond acceptors (Lipinski definition) is 2. The molecule has 0 aliphatic rings. The minimum Gasteiger partial charge on any atom is -0.354 e. The molecule has 0 bridgehead atoms.